The Hall–Kier alpha value is -4.40. The lowest BCUT2D eigenvalue weighted by atomic mass is 10.1. The van der Waals surface area contributed by atoms with Crippen LogP contribution >= 0.6 is 0 Å². The number of pyridine rings is 1. The van der Waals surface area contributed by atoms with Gasteiger partial charge < -0.3 is 14.9 Å². The van der Waals surface area contributed by atoms with Gasteiger partial charge in [-0.2, -0.15) is 0 Å². The van der Waals surface area contributed by atoms with Crippen molar-refractivity contribution in [3.05, 3.63) is 76.5 Å². The van der Waals surface area contributed by atoms with Crippen molar-refractivity contribution in [2.24, 2.45) is 4.99 Å². The van der Waals surface area contributed by atoms with Gasteiger partial charge in [0.25, 0.3) is 5.69 Å². The van der Waals surface area contributed by atoms with E-state index in [1.54, 1.807) is 22.7 Å². The van der Waals surface area contributed by atoms with Gasteiger partial charge in [0, 0.05) is 35.7 Å². The summed E-state index contributed by atoms with van der Waals surface area (Å²) >= 11 is 0. The molecule has 0 aliphatic carbocycles. The molecule has 0 saturated carbocycles. The first-order valence-corrected chi connectivity index (χ1v) is 9.42. The van der Waals surface area contributed by atoms with Crippen LogP contribution in [0.1, 0.15) is 12.5 Å². The minimum absolute atomic E-state index is 0.0148. The maximum absolute atomic E-state index is 11.1. The van der Waals surface area contributed by atoms with Crippen molar-refractivity contribution < 1.29 is 19.9 Å². The topological polar surface area (TPSA) is 122 Å². The van der Waals surface area contributed by atoms with Crippen LogP contribution in [-0.4, -0.2) is 37.3 Å². The third kappa shape index (κ3) is 3.88. The van der Waals surface area contributed by atoms with Gasteiger partial charge in [-0.05, 0) is 43.3 Å². The molecule has 2 aromatic heterocycles. The summed E-state index contributed by atoms with van der Waals surface area (Å²) in [7, 11) is 0. The lowest BCUT2D eigenvalue weighted by Crippen LogP contribution is -1.92. The molecule has 0 aliphatic heterocycles. The Morgan fingerprint density at radius 2 is 1.97 bits per heavy atom. The number of hydrogen-bond acceptors (Lipinski definition) is 7. The third-order valence-electron chi connectivity index (χ3n) is 4.59. The zero-order valence-electron chi connectivity index (χ0n) is 16.5. The van der Waals surface area contributed by atoms with Gasteiger partial charge in [0.1, 0.15) is 17.1 Å². The van der Waals surface area contributed by atoms with Crippen LogP contribution < -0.4 is 4.74 Å². The average molecular weight is 418 g/mol. The number of phenolic OH excluding ortho intramolecular Hbond substituents is 2. The predicted octanol–water partition coefficient (Wildman–Crippen LogP) is 4.47. The summed E-state index contributed by atoms with van der Waals surface area (Å²) in [4.78, 5) is 19.6. The van der Waals surface area contributed by atoms with E-state index in [0.717, 1.165) is 0 Å². The fourth-order valence-corrected chi connectivity index (χ4v) is 3.12. The second kappa shape index (κ2) is 8.15. The molecule has 2 N–H and O–H groups in total. The molecule has 0 unspecified atom stereocenters. The minimum Gasteiger partial charge on any atom is -0.507 e. The highest BCUT2D eigenvalue weighted by Gasteiger charge is 2.16. The molecule has 2 aromatic carbocycles. The van der Waals surface area contributed by atoms with E-state index < -0.39 is 4.92 Å². The number of aromatic nitrogens is 2. The largest absolute Gasteiger partial charge is 0.507 e. The maximum Gasteiger partial charge on any atom is 0.270 e. The van der Waals surface area contributed by atoms with Gasteiger partial charge in [-0.1, -0.05) is 6.07 Å². The van der Waals surface area contributed by atoms with Crippen molar-refractivity contribution in [2.45, 2.75) is 6.92 Å². The SMILES string of the molecule is CCOc1cc(-c2nc3ccccn3c2/N=C/c2cc([N+](=O)[O-])ccc2O)ccc1O. The van der Waals surface area contributed by atoms with E-state index in [9.17, 15) is 20.3 Å². The van der Waals surface area contributed by atoms with Gasteiger partial charge in [0.15, 0.2) is 17.3 Å². The van der Waals surface area contributed by atoms with Gasteiger partial charge in [-0.15, -0.1) is 0 Å². The highest BCUT2D eigenvalue weighted by Crippen LogP contribution is 2.36. The molecular weight excluding hydrogens is 400 g/mol. The highest BCUT2D eigenvalue weighted by atomic mass is 16.6. The number of fused-ring (bicyclic) bond motifs is 1. The average Bonchev–Trinajstić information content (AvgIpc) is 3.13. The van der Waals surface area contributed by atoms with Crippen molar-refractivity contribution in [1.29, 1.82) is 0 Å². The van der Waals surface area contributed by atoms with Crippen LogP contribution in [0.2, 0.25) is 0 Å². The molecule has 4 aromatic rings. The number of imidazole rings is 1. The molecule has 0 aliphatic rings. The summed E-state index contributed by atoms with van der Waals surface area (Å²) in [5.74, 6) is 0.659. The molecule has 0 fully saturated rings. The van der Waals surface area contributed by atoms with Gasteiger partial charge in [0.05, 0.1) is 11.5 Å². The third-order valence-corrected chi connectivity index (χ3v) is 4.59. The smallest absolute Gasteiger partial charge is 0.270 e. The van der Waals surface area contributed by atoms with E-state index in [0.29, 0.717) is 35.1 Å². The fraction of sp³-hybridized carbons (Fsp3) is 0.0909. The lowest BCUT2D eigenvalue weighted by Gasteiger charge is -2.07. The molecule has 0 amide bonds. The molecule has 0 atom stereocenters. The molecule has 0 spiro atoms. The number of nitro groups is 1. The van der Waals surface area contributed by atoms with Crippen LogP contribution in [0.5, 0.6) is 17.2 Å². The molecule has 0 bridgehead atoms. The van der Waals surface area contributed by atoms with E-state index in [2.05, 4.69) is 9.98 Å². The Bertz CT molecular complexity index is 1310. The van der Waals surface area contributed by atoms with Crippen LogP contribution in [0.25, 0.3) is 16.9 Å². The Morgan fingerprint density at radius 1 is 1.16 bits per heavy atom. The summed E-state index contributed by atoms with van der Waals surface area (Å²) in [6.07, 6.45) is 3.14. The van der Waals surface area contributed by atoms with Crippen LogP contribution in [0, 0.1) is 10.1 Å². The number of nitro benzene ring substituents is 1. The van der Waals surface area contributed by atoms with Crippen molar-refractivity contribution in [3.63, 3.8) is 0 Å². The number of benzene rings is 2. The molecule has 0 saturated heterocycles. The molecule has 0 radical (unpaired) electrons. The van der Waals surface area contributed by atoms with E-state index in [1.807, 2.05) is 25.1 Å². The van der Waals surface area contributed by atoms with Crippen LogP contribution in [-0.2, 0) is 0 Å². The number of rotatable bonds is 6. The number of phenols is 2. The van der Waals surface area contributed by atoms with Crippen molar-refractivity contribution in [1.82, 2.24) is 9.38 Å². The number of nitrogens with zero attached hydrogens (tertiary/aromatic N) is 4. The zero-order chi connectivity index (χ0) is 22.0. The Labute approximate surface area is 176 Å². The van der Waals surface area contributed by atoms with Crippen molar-refractivity contribution in [3.8, 4) is 28.5 Å². The van der Waals surface area contributed by atoms with Crippen molar-refractivity contribution >= 4 is 23.4 Å². The number of ether oxygens (including phenoxy) is 1. The van der Waals surface area contributed by atoms with E-state index in [-0.39, 0.29) is 22.7 Å². The van der Waals surface area contributed by atoms with Gasteiger partial charge in [0.2, 0.25) is 0 Å². The van der Waals surface area contributed by atoms with Gasteiger partial charge in [-0.3, -0.25) is 14.5 Å². The molecule has 31 heavy (non-hydrogen) atoms. The Morgan fingerprint density at radius 3 is 2.74 bits per heavy atom. The first-order valence-electron chi connectivity index (χ1n) is 9.42. The van der Waals surface area contributed by atoms with Gasteiger partial charge >= 0.3 is 0 Å². The molecule has 4 rings (SSSR count). The standard InChI is InChI=1S/C22H18N4O5/c1-2-31-19-12-14(6-8-18(19)28)21-22(25-10-4-3-5-20(25)24-21)23-13-15-11-16(26(29)30)7-9-17(15)27/h3-13,27-28H,2H2,1H3/b23-13+. The van der Waals surface area contributed by atoms with E-state index in [1.165, 1.54) is 30.5 Å². The number of non-ortho nitro benzene ring substituents is 1. The Balaban J connectivity index is 1.85. The van der Waals surface area contributed by atoms with Crippen LogP contribution in [0.15, 0.2) is 65.8 Å². The Kier molecular flexibility index (Phi) is 5.23. The summed E-state index contributed by atoms with van der Waals surface area (Å²) in [6, 6.07) is 14.1. The molecule has 156 valence electrons. The molecule has 2 heterocycles. The second-order valence-corrected chi connectivity index (χ2v) is 6.59. The predicted molar refractivity (Wildman–Crippen MR) is 115 cm³/mol. The summed E-state index contributed by atoms with van der Waals surface area (Å²) in [5, 5.41) is 31.2. The van der Waals surface area contributed by atoms with Crippen molar-refractivity contribution in [2.75, 3.05) is 6.61 Å². The van der Waals surface area contributed by atoms with E-state index in [4.69, 9.17) is 4.74 Å². The summed E-state index contributed by atoms with van der Waals surface area (Å²) < 4.78 is 7.23. The van der Waals surface area contributed by atoms with Crippen LogP contribution in [0.4, 0.5) is 11.5 Å². The second-order valence-electron chi connectivity index (χ2n) is 6.59. The minimum atomic E-state index is -0.540. The quantitative estimate of drug-likeness (QED) is 0.271. The normalized spacial score (nSPS) is 11.3. The molecule has 9 nitrogen and oxygen atoms in total. The summed E-state index contributed by atoms with van der Waals surface area (Å²) in [5.41, 5.74) is 1.87. The van der Waals surface area contributed by atoms with Gasteiger partial charge in [-0.25, -0.2) is 9.98 Å². The van der Waals surface area contributed by atoms with E-state index >= 15 is 0 Å². The first kappa shape index (κ1) is 19.9. The number of aromatic hydroxyl groups is 2. The lowest BCUT2D eigenvalue weighted by molar-refractivity contribution is -0.384. The molecule has 9 heteroatoms. The summed E-state index contributed by atoms with van der Waals surface area (Å²) in [6.45, 7) is 2.21. The number of hydrogen-bond donors (Lipinski definition) is 2. The monoisotopic (exact) mass is 418 g/mol. The zero-order valence-corrected chi connectivity index (χ0v) is 16.5. The molecular formula is C22H18N4O5. The first-order chi connectivity index (χ1) is 15.0. The fourth-order valence-electron chi connectivity index (χ4n) is 3.12. The van der Waals surface area contributed by atoms with Crippen LogP contribution in [0.3, 0.4) is 0 Å². The maximum atomic E-state index is 11.1. The highest BCUT2D eigenvalue weighted by molar-refractivity contribution is 5.88. The number of aliphatic imine (C=N–C) groups is 1.